The van der Waals surface area contributed by atoms with Crippen molar-refractivity contribution in [2.45, 2.75) is 19.8 Å². The van der Waals surface area contributed by atoms with E-state index in [9.17, 15) is 0 Å². The molecule has 5 heteroatoms. The Labute approximate surface area is 116 Å². The Bertz CT molecular complexity index is 488. The molecule has 0 aliphatic heterocycles. The molecule has 2 rings (SSSR count). The molecule has 0 saturated carbocycles. The minimum Gasteiger partial charge on any atom is -0.412 e. The maximum Gasteiger partial charge on any atom is -0.412 e. The average molecular weight is 431 g/mol. The smallest absolute Gasteiger partial charge is 0.412 e. The van der Waals surface area contributed by atoms with Crippen LogP contribution in [0.2, 0.25) is 0 Å². The first-order valence-corrected chi connectivity index (χ1v) is 6.34. The number of rotatable bonds is 2. The fourth-order valence-electron chi connectivity index (χ4n) is 1.58. The molecule has 1 aromatic carbocycles. The van der Waals surface area contributed by atoms with Crippen LogP contribution in [0.25, 0.3) is 10.9 Å². The molecule has 2 radical (unpaired) electrons. The summed E-state index contributed by atoms with van der Waals surface area (Å²) in [6.45, 7) is 4.37. The third-order valence-corrected chi connectivity index (χ3v) is 3.22. The van der Waals surface area contributed by atoms with Crippen molar-refractivity contribution in [2.24, 2.45) is 0 Å². The summed E-state index contributed by atoms with van der Waals surface area (Å²) in [5.74, 6) is 1.42. The van der Waals surface area contributed by atoms with Crippen LogP contribution in [0, 0.1) is 0 Å². The van der Waals surface area contributed by atoms with Gasteiger partial charge < -0.3 is 11.0 Å². The van der Waals surface area contributed by atoms with Gasteiger partial charge in [0, 0.05) is 0 Å². The van der Waals surface area contributed by atoms with E-state index in [-0.39, 0.29) is 11.0 Å². The molecule has 92 valence electrons. The molecule has 0 bridgehead atoms. The Morgan fingerprint density at radius 1 is 1.24 bits per heavy atom. The van der Waals surface area contributed by atoms with Crippen molar-refractivity contribution in [3.05, 3.63) is 36.0 Å². The molecular formula is C12H16BiNO3. The zero-order chi connectivity index (χ0) is 10.8. The maximum atomic E-state index is 5.47. The van der Waals surface area contributed by atoms with Gasteiger partial charge in [0.05, 0.1) is 0 Å². The zero-order valence-electron chi connectivity index (χ0n) is 9.77. The quantitative estimate of drug-likeness (QED) is 0.669. The van der Waals surface area contributed by atoms with Gasteiger partial charge in [0.25, 0.3) is 0 Å². The fourth-order valence-corrected chi connectivity index (χ4v) is 2.13. The monoisotopic (exact) mass is 431 g/mol. The number of hydrogen-bond acceptors (Lipinski definition) is 2. The van der Waals surface area contributed by atoms with E-state index in [2.05, 4.69) is 37.0 Å². The molecule has 0 aliphatic rings. The van der Waals surface area contributed by atoms with Crippen LogP contribution in [0.1, 0.15) is 25.3 Å². The summed E-state index contributed by atoms with van der Waals surface area (Å²) in [6, 6.07) is 8.32. The Hall–Kier alpha value is -0.767. The number of hydrogen-bond donors (Lipinski definition) is 0. The summed E-state index contributed by atoms with van der Waals surface area (Å²) in [7, 11) is 0. The Morgan fingerprint density at radius 3 is 2.53 bits per heavy atom. The molecule has 0 aliphatic carbocycles. The van der Waals surface area contributed by atoms with Crippen molar-refractivity contribution in [3.63, 3.8) is 0 Å². The normalized spacial score (nSPS) is 9.65. The number of pyridine rings is 1. The van der Waals surface area contributed by atoms with Crippen LogP contribution in [-0.4, -0.2) is 41.1 Å². The molecule has 0 fully saturated rings. The molecule has 0 atom stereocenters. The van der Waals surface area contributed by atoms with Gasteiger partial charge in [-0.05, 0) is 0 Å². The first-order chi connectivity index (χ1) is 7.22. The van der Waals surface area contributed by atoms with E-state index in [0.717, 1.165) is 41.8 Å². The predicted octanol–water partition coefficient (Wildman–Crippen LogP) is 1.17. The van der Waals surface area contributed by atoms with Crippen molar-refractivity contribution in [2.75, 3.05) is 0 Å². The van der Waals surface area contributed by atoms with Crippen LogP contribution in [0.3, 0.4) is 0 Å². The molecular weight excluding hydrogens is 415 g/mol. The van der Waals surface area contributed by atoms with E-state index in [4.69, 9.17) is 2.81 Å². The molecule has 1 aromatic heterocycles. The second-order valence-electron chi connectivity index (χ2n) is 3.84. The summed E-state index contributed by atoms with van der Waals surface area (Å²) in [4.78, 5) is 4.35. The van der Waals surface area contributed by atoms with Gasteiger partial charge in [-0.1, -0.05) is 0 Å². The number of fused-ring (bicyclic) bond motifs is 1. The van der Waals surface area contributed by atoms with Crippen LogP contribution < -0.4 is 2.81 Å². The molecule has 17 heavy (non-hydrogen) atoms. The Morgan fingerprint density at radius 2 is 1.94 bits per heavy atom. The van der Waals surface area contributed by atoms with Crippen LogP contribution in [-0.2, 0) is 0 Å². The molecule has 0 unspecified atom stereocenters. The van der Waals surface area contributed by atoms with E-state index in [0.29, 0.717) is 5.92 Å². The fraction of sp³-hybridized carbons (Fsp3) is 0.250. The average Bonchev–Trinajstić information content (AvgIpc) is 2.27. The second-order valence-corrected chi connectivity index (χ2v) is 4.55. The summed E-state index contributed by atoms with van der Waals surface area (Å²) in [5.41, 5.74) is 2.26. The number of benzene rings is 1. The minimum atomic E-state index is 0. The number of aromatic nitrogens is 1. The molecule has 0 spiro atoms. The largest absolute Gasteiger partial charge is 0.412 e. The summed E-state index contributed by atoms with van der Waals surface area (Å²) >= 11 is 0.898. The van der Waals surface area contributed by atoms with E-state index >= 15 is 0 Å². The van der Waals surface area contributed by atoms with Gasteiger partial charge in [-0.25, -0.2) is 0 Å². The SMILES string of the molecule is CC(C)c1cc([O][Bi])c2ncccc2c1.O.O. The molecule has 1 heterocycles. The third-order valence-electron chi connectivity index (χ3n) is 2.46. The minimum absolute atomic E-state index is 0. The summed E-state index contributed by atoms with van der Waals surface area (Å²) < 4.78 is 5.47. The van der Waals surface area contributed by atoms with Gasteiger partial charge in [-0.15, -0.1) is 0 Å². The third kappa shape index (κ3) is 3.35. The maximum absolute atomic E-state index is 5.47. The van der Waals surface area contributed by atoms with Gasteiger partial charge in [-0.2, -0.15) is 0 Å². The van der Waals surface area contributed by atoms with E-state index in [1.165, 1.54) is 5.56 Å². The van der Waals surface area contributed by atoms with Gasteiger partial charge >= 0.3 is 105 Å². The Balaban J connectivity index is 0.00000128. The van der Waals surface area contributed by atoms with Gasteiger partial charge in [0.2, 0.25) is 0 Å². The first-order valence-electron chi connectivity index (χ1n) is 4.92. The molecule has 0 saturated heterocycles. The molecule has 4 N–H and O–H groups in total. The van der Waals surface area contributed by atoms with Crippen molar-refractivity contribution in [1.29, 1.82) is 0 Å². The summed E-state index contributed by atoms with van der Waals surface area (Å²) in [6.07, 6.45) is 1.80. The topological polar surface area (TPSA) is 85.1 Å². The molecule has 2 aromatic rings. The van der Waals surface area contributed by atoms with Crippen molar-refractivity contribution in [3.8, 4) is 5.75 Å². The molecule has 4 nitrogen and oxygen atoms in total. The van der Waals surface area contributed by atoms with Crippen LogP contribution in [0.5, 0.6) is 5.75 Å². The van der Waals surface area contributed by atoms with Crippen LogP contribution in [0.4, 0.5) is 0 Å². The zero-order valence-corrected chi connectivity index (χ0v) is 13.2. The van der Waals surface area contributed by atoms with Crippen LogP contribution in [0.15, 0.2) is 30.5 Å². The van der Waals surface area contributed by atoms with E-state index in [1.807, 2.05) is 6.07 Å². The van der Waals surface area contributed by atoms with Crippen LogP contribution >= 0.6 is 0 Å². The first kappa shape index (κ1) is 16.2. The van der Waals surface area contributed by atoms with Crippen molar-refractivity contribution in [1.82, 2.24) is 4.98 Å². The van der Waals surface area contributed by atoms with Gasteiger partial charge in [0.15, 0.2) is 0 Å². The van der Waals surface area contributed by atoms with Gasteiger partial charge in [0.1, 0.15) is 0 Å². The predicted molar refractivity (Wildman–Crippen MR) is 69.4 cm³/mol. The Kier molecular flexibility index (Phi) is 6.54. The van der Waals surface area contributed by atoms with E-state index in [1.54, 1.807) is 6.20 Å². The second kappa shape index (κ2) is 6.84. The van der Waals surface area contributed by atoms with Crippen molar-refractivity contribution < 1.29 is 13.8 Å². The van der Waals surface area contributed by atoms with E-state index < -0.39 is 0 Å². The standard InChI is InChI=1S/C12H13NO.Bi.2H2O/c1-8(2)10-6-9-4-3-5-13-12(9)11(14)7-10;;;/h3-8,14H,1-2H3;;2*1H2/q;+1;;/p-1. The summed E-state index contributed by atoms with van der Waals surface area (Å²) in [5, 5.41) is 1.16. The number of nitrogens with zero attached hydrogens (tertiary/aromatic N) is 1. The van der Waals surface area contributed by atoms with Crippen molar-refractivity contribution >= 4 is 36.1 Å². The molecule has 0 amide bonds. The van der Waals surface area contributed by atoms with Gasteiger partial charge in [-0.3, -0.25) is 0 Å².